The van der Waals surface area contributed by atoms with E-state index >= 15 is 0 Å². The highest BCUT2D eigenvalue weighted by Gasteiger charge is 2.25. The van der Waals surface area contributed by atoms with E-state index in [1.165, 1.54) is 0 Å². The van der Waals surface area contributed by atoms with Gasteiger partial charge in [-0.05, 0) is 35.9 Å². The molecule has 0 fully saturated rings. The van der Waals surface area contributed by atoms with Gasteiger partial charge in [-0.15, -0.1) is 0 Å². The predicted octanol–water partition coefficient (Wildman–Crippen LogP) is 4.37. The average molecular weight is 397 g/mol. The lowest BCUT2D eigenvalue weighted by Gasteiger charge is -2.28. The maximum atomic E-state index is 12.9. The Morgan fingerprint density at radius 3 is 2.75 bits per heavy atom. The second-order valence-electron chi connectivity index (χ2n) is 7.45. The largest absolute Gasteiger partial charge is 0.486 e. The molecule has 0 atom stereocenters. The first-order valence-corrected chi connectivity index (χ1v) is 9.54. The van der Waals surface area contributed by atoms with Gasteiger partial charge < -0.3 is 14.8 Å². The number of rotatable bonds is 4. The fraction of sp³-hybridized carbons (Fsp3) is 0.273. The molecule has 0 saturated heterocycles. The Morgan fingerprint density at radius 2 is 1.93 bits per heavy atom. The first kappa shape index (κ1) is 18.6. The van der Waals surface area contributed by atoms with Gasteiger partial charge >= 0.3 is 0 Å². The van der Waals surface area contributed by atoms with Crippen LogP contribution in [0.1, 0.15) is 29.8 Å². The number of fused-ring (bicyclic) bond motifs is 2. The quantitative estimate of drug-likeness (QED) is 0.711. The van der Waals surface area contributed by atoms with Crippen molar-refractivity contribution in [2.45, 2.75) is 19.3 Å². The van der Waals surface area contributed by atoms with Crippen molar-refractivity contribution in [2.24, 2.45) is 0 Å². The van der Waals surface area contributed by atoms with Crippen molar-refractivity contribution >= 4 is 28.4 Å². The number of hydrogen-bond donors (Lipinski definition) is 1. The zero-order valence-corrected chi connectivity index (χ0v) is 16.5. The fourth-order valence-electron chi connectivity index (χ4n) is 3.29. The van der Waals surface area contributed by atoms with Gasteiger partial charge in [-0.3, -0.25) is 9.78 Å². The lowest BCUT2D eigenvalue weighted by Crippen LogP contribution is -2.37. The van der Waals surface area contributed by atoms with Crippen LogP contribution in [-0.4, -0.2) is 30.6 Å². The molecule has 1 aliphatic heterocycles. The molecular formula is C22H21ClN2O3. The Morgan fingerprint density at radius 1 is 1.14 bits per heavy atom. The van der Waals surface area contributed by atoms with Crippen LogP contribution in [0, 0.1) is 0 Å². The third-order valence-electron chi connectivity index (χ3n) is 4.93. The van der Waals surface area contributed by atoms with Crippen LogP contribution in [0.25, 0.3) is 10.9 Å². The van der Waals surface area contributed by atoms with Gasteiger partial charge in [0.05, 0.1) is 11.1 Å². The topological polar surface area (TPSA) is 60.5 Å². The van der Waals surface area contributed by atoms with Crippen molar-refractivity contribution in [3.05, 3.63) is 64.8 Å². The monoisotopic (exact) mass is 396 g/mol. The zero-order valence-electron chi connectivity index (χ0n) is 15.8. The first-order valence-electron chi connectivity index (χ1n) is 9.17. The molecule has 0 bridgehead atoms. The summed E-state index contributed by atoms with van der Waals surface area (Å²) in [6.45, 7) is 5.71. The van der Waals surface area contributed by atoms with E-state index in [2.05, 4.69) is 24.1 Å². The molecule has 0 spiro atoms. The van der Waals surface area contributed by atoms with Gasteiger partial charge in [-0.25, -0.2) is 0 Å². The summed E-state index contributed by atoms with van der Waals surface area (Å²) in [4.78, 5) is 17.2. The second kappa shape index (κ2) is 7.32. The number of nitrogens with one attached hydrogen (secondary N) is 1. The summed E-state index contributed by atoms with van der Waals surface area (Å²) in [5, 5.41) is 4.38. The van der Waals surface area contributed by atoms with Gasteiger partial charge in [0, 0.05) is 28.6 Å². The Balaban J connectivity index is 1.55. The summed E-state index contributed by atoms with van der Waals surface area (Å²) >= 11 is 6.19. The van der Waals surface area contributed by atoms with Gasteiger partial charge in [0.2, 0.25) is 0 Å². The van der Waals surface area contributed by atoms with E-state index in [0.717, 1.165) is 22.4 Å². The van der Waals surface area contributed by atoms with Gasteiger partial charge in [-0.1, -0.05) is 37.6 Å². The van der Waals surface area contributed by atoms with Gasteiger partial charge in [0.15, 0.2) is 11.5 Å². The van der Waals surface area contributed by atoms with Crippen molar-refractivity contribution in [2.75, 3.05) is 19.8 Å². The zero-order chi connectivity index (χ0) is 19.7. The van der Waals surface area contributed by atoms with E-state index in [-0.39, 0.29) is 11.3 Å². The highest BCUT2D eigenvalue weighted by atomic mass is 35.5. The Hall–Kier alpha value is -2.79. The molecule has 1 aliphatic rings. The van der Waals surface area contributed by atoms with Crippen molar-refractivity contribution in [1.82, 2.24) is 10.3 Å². The molecule has 2 aromatic carbocycles. The summed E-state index contributed by atoms with van der Waals surface area (Å²) < 4.78 is 11.3. The molecule has 1 amide bonds. The number of halogens is 1. The number of benzene rings is 2. The number of pyridine rings is 1. The lowest BCUT2D eigenvalue weighted by atomic mass is 9.84. The maximum absolute atomic E-state index is 12.9. The lowest BCUT2D eigenvalue weighted by molar-refractivity contribution is 0.0947. The van der Waals surface area contributed by atoms with E-state index < -0.39 is 0 Å². The summed E-state index contributed by atoms with van der Waals surface area (Å²) in [5.74, 6) is 1.30. The number of amides is 1. The number of hydrogen-bond acceptors (Lipinski definition) is 4. The molecule has 144 valence electrons. The number of carbonyl (C=O) groups is 1. The third kappa shape index (κ3) is 3.62. The molecule has 6 heteroatoms. The summed E-state index contributed by atoms with van der Waals surface area (Å²) in [6.07, 6.45) is 1.67. The van der Waals surface area contributed by atoms with E-state index in [1.807, 2.05) is 30.3 Å². The van der Waals surface area contributed by atoms with E-state index in [9.17, 15) is 4.79 Å². The first-order chi connectivity index (χ1) is 13.4. The molecule has 0 radical (unpaired) electrons. The predicted molar refractivity (Wildman–Crippen MR) is 110 cm³/mol. The molecule has 0 saturated carbocycles. The third-order valence-corrected chi connectivity index (χ3v) is 5.15. The minimum absolute atomic E-state index is 0.197. The van der Waals surface area contributed by atoms with Gasteiger partial charge in [0.25, 0.3) is 5.91 Å². The van der Waals surface area contributed by atoms with Crippen LogP contribution in [0.15, 0.2) is 48.7 Å². The molecule has 1 N–H and O–H groups in total. The van der Waals surface area contributed by atoms with Crippen molar-refractivity contribution in [3.8, 4) is 11.5 Å². The van der Waals surface area contributed by atoms with Crippen LogP contribution in [0.5, 0.6) is 11.5 Å². The number of nitrogens with zero attached hydrogens (tertiary/aromatic N) is 1. The molecule has 0 aliphatic carbocycles. The van der Waals surface area contributed by atoms with E-state index in [1.54, 1.807) is 18.3 Å². The summed E-state index contributed by atoms with van der Waals surface area (Å²) in [7, 11) is 0. The molecule has 1 aromatic heterocycles. The van der Waals surface area contributed by atoms with Crippen LogP contribution < -0.4 is 14.8 Å². The molecule has 0 unspecified atom stereocenters. The highest BCUT2D eigenvalue weighted by molar-refractivity contribution is 6.32. The van der Waals surface area contributed by atoms with Crippen LogP contribution in [0.4, 0.5) is 0 Å². The Bertz CT molecular complexity index is 1050. The normalized spacial score (nSPS) is 13.4. The van der Waals surface area contributed by atoms with Crippen molar-refractivity contribution in [3.63, 3.8) is 0 Å². The van der Waals surface area contributed by atoms with Gasteiger partial charge in [-0.2, -0.15) is 0 Å². The number of carbonyl (C=O) groups excluding carboxylic acids is 1. The van der Waals surface area contributed by atoms with Crippen molar-refractivity contribution in [1.29, 1.82) is 0 Å². The highest BCUT2D eigenvalue weighted by Crippen LogP contribution is 2.35. The molecular weight excluding hydrogens is 376 g/mol. The smallest absolute Gasteiger partial charge is 0.253 e. The van der Waals surface area contributed by atoms with Crippen molar-refractivity contribution < 1.29 is 14.3 Å². The second-order valence-corrected chi connectivity index (χ2v) is 7.89. The summed E-state index contributed by atoms with van der Waals surface area (Å²) in [6, 6.07) is 13.1. The summed E-state index contributed by atoms with van der Waals surface area (Å²) in [5.41, 5.74) is 1.88. The minimum Gasteiger partial charge on any atom is -0.486 e. The number of aromatic nitrogens is 1. The van der Waals surface area contributed by atoms with Gasteiger partial charge in [0.1, 0.15) is 13.2 Å². The van der Waals surface area contributed by atoms with Crippen LogP contribution in [0.3, 0.4) is 0 Å². The van der Waals surface area contributed by atoms with Crippen LogP contribution in [0.2, 0.25) is 5.02 Å². The van der Waals surface area contributed by atoms with Crippen LogP contribution in [-0.2, 0) is 5.41 Å². The molecule has 2 heterocycles. The fourth-order valence-corrected chi connectivity index (χ4v) is 3.52. The molecule has 5 nitrogen and oxygen atoms in total. The van der Waals surface area contributed by atoms with E-state index in [0.29, 0.717) is 35.9 Å². The maximum Gasteiger partial charge on any atom is 0.253 e. The number of ether oxygens (including phenoxy) is 2. The average Bonchev–Trinajstić information content (AvgIpc) is 2.71. The SMILES string of the molecule is CC(C)(CNC(=O)c1cc(Cl)cc2cccnc12)c1ccc2c(c1)OCCO2. The van der Waals surface area contributed by atoms with Crippen LogP contribution >= 0.6 is 11.6 Å². The molecule has 28 heavy (non-hydrogen) atoms. The molecule has 3 aromatic rings. The minimum atomic E-state index is -0.298. The molecule has 4 rings (SSSR count). The standard InChI is InChI=1S/C22H21ClN2O3/c1-22(2,15-5-6-18-19(11-15)28-9-8-27-18)13-25-21(26)17-12-16(23)10-14-4-3-7-24-20(14)17/h3-7,10-12H,8-9,13H2,1-2H3,(H,25,26). The Labute approximate surface area is 168 Å². The Kier molecular flexibility index (Phi) is 4.85. The van der Waals surface area contributed by atoms with E-state index in [4.69, 9.17) is 21.1 Å².